The van der Waals surface area contributed by atoms with E-state index in [1.54, 1.807) is 0 Å². The normalized spacial score (nSPS) is 10.5. The van der Waals surface area contributed by atoms with Crippen molar-refractivity contribution in [3.8, 4) is 29.2 Å². The third-order valence-corrected chi connectivity index (χ3v) is 3.71. The van der Waals surface area contributed by atoms with Crippen LogP contribution >= 0.6 is 0 Å². The van der Waals surface area contributed by atoms with Gasteiger partial charge in [0, 0.05) is 6.54 Å². The van der Waals surface area contributed by atoms with Gasteiger partial charge < -0.3 is 9.64 Å². The van der Waals surface area contributed by atoms with Crippen molar-refractivity contribution in [1.29, 1.82) is 0 Å². The highest BCUT2D eigenvalue weighted by molar-refractivity contribution is 5.80. The molecule has 2 aliphatic carbocycles. The maximum atomic E-state index is 5.68. The molecule has 0 fully saturated rings. The largest absolute Gasteiger partial charge is 0.491 e. The van der Waals surface area contributed by atoms with E-state index in [0.29, 0.717) is 6.61 Å². The number of fused-ring (bicyclic) bond motifs is 1. The Balaban J connectivity index is 0.000000238. The van der Waals surface area contributed by atoms with E-state index in [0.717, 1.165) is 30.9 Å². The van der Waals surface area contributed by atoms with Crippen LogP contribution in [0.5, 0.6) is 5.75 Å². The fraction of sp³-hybridized carbons (Fsp3) is 0.300. The average molecular weight is 293 g/mol. The van der Waals surface area contributed by atoms with Gasteiger partial charge in [-0.05, 0) is 42.4 Å². The van der Waals surface area contributed by atoms with Gasteiger partial charge in [0.1, 0.15) is 12.4 Å². The summed E-state index contributed by atoms with van der Waals surface area (Å²) < 4.78 is 5.68. The van der Waals surface area contributed by atoms with Crippen LogP contribution in [0, 0.1) is 12.3 Å². The highest BCUT2D eigenvalue weighted by atomic mass is 16.5. The highest BCUT2D eigenvalue weighted by Gasteiger charge is 2.07. The Hall–Kier alpha value is -2.24. The van der Waals surface area contributed by atoms with Crippen LogP contribution in [0.3, 0.4) is 0 Å². The molecule has 0 saturated carbocycles. The van der Waals surface area contributed by atoms with Crippen LogP contribution in [0.2, 0.25) is 0 Å². The van der Waals surface area contributed by atoms with Crippen LogP contribution in [-0.4, -0.2) is 31.1 Å². The van der Waals surface area contributed by atoms with E-state index in [2.05, 4.69) is 48.9 Å². The van der Waals surface area contributed by atoms with E-state index in [1.165, 1.54) is 11.1 Å². The topological polar surface area (TPSA) is 12.5 Å². The number of ether oxygens (including phenoxy) is 1. The first kappa shape index (κ1) is 16.1. The van der Waals surface area contributed by atoms with Gasteiger partial charge in [0.05, 0.1) is 5.56 Å². The van der Waals surface area contributed by atoms with E-state index in [-0.39, 0.29) is 0 Å². The van der Waals surface area contributed by atoms with Crippen molar-refractivity contribution in [2.45, 2.75) is 13.8 Å². The zero-order chi connectivity index (χ0) is 15.8. The second-order valence-corrected chi connectivity index (χ2v) is 5.10. The fourth-order valence-electron chi connectivity index (χ4n) is 2.21. The number of likely N-dealkylation sites (N-methyl/N-ethyl adjacent to an activating group) is 1. The van der Waals surface area contributed by atoms with Crippen molar-refractivity contribution >= 4 is 0 Å². The number of para-hydroxylation sites is 1. The maximum Gasteiger partial charge on any atom is 0.134 e. The number of nitrogens with zero attached hydrogens (tertiary/aromatic N) is 1. The fourth-order valence-corrected chi connectivity index (χ4v) is 2.21. The second-order valence-electron chi connectivity index (χ2n) is 5.10. The van der Waals surface area contributed by atoms with Gasteiger partial charge in [-0.15, -0.1) is 6.42 Å². The Morgan fingerprint density at radius 2 is 1.68 bits per heavy atom. The SMILES string of the molecule is C#Cc1ccccc1OCCN(CC)CC.c1cc2cc-2c1. The van der Waals surface area contributed by atoms with Gasteiger partial charge in [0.25, 0.3) is 0 Å². The number of terminal acetylenes is 1. The summed E-state index contributed by atoms with van der Waals surface area (Å²) in [5.74, 6) is 3.43. The summed E-state index contributed by atoms with van der Waals surface area (Å²) in [4.78, 5) is 2.32. The zero-order valence-electron chi connectivity index (χ0n) is 13.4. The van der Waals surface area contributed by atoms with Crippen LogP contribution in [-0.2, 0) is 0 Å². The highest BCUT2D eigenvalue weighted by Crippen LogP contribution is 2.32. The smallest absolute Gasteiger partial charge is 0.134 e. The number of hydrogen-bond acceptors (Lipinski definition) is 2. The third kappa shape index (κ3) is 4.65. The molecule has 0 aromatic heterocycles. The minimum atomic E-state index is 0.681. The quantitative estimate of drug-likeness (QED) is 0.636. The van der Waals surface area contributed by atoms with Crippen molar-refractivity contribution in [3.63, 3.8) is 0 Å². The van der Waals surface area contributed by atoms with Crippen molar-refractivity contribution in [2.75, 3.05) is 26.2 Å². The second kappa shape index (κ2) is 8.26. The molecular weight excluding hydrogens is 270 g/mol. The van der Waals surface area contributed by atoms with E-state index >= 15 is 0 Å². The number of rotatable bonds is 6. The van der Waals surface area contributed by atoms with Crippen LogP contribution in [0.15, 0.2) is 48.5 Å². The first-order valence-electron chi connectivity index (χ1n) is 7.79. The summed E-state index contributed by atoms with van der Waals surface area (Å²) in [5, 5.41) is 0. The molecule has 22 heavy (non-hydrogen) atoms. The molecule has 2 heteroatoms. The number of hydrogen-bond donors (Lipinski definition) is 0. The lowest BCUT2D eigenvalue weighted by Gasteiger charge is -2.18. The van der Waals surface area contributed by atoms with E-state index in [4.69, 9.17) is 11.2 Å². The average Bonchev–Trinajstić information content (AvgIpc) is 3.18. The molecule has 114 valence electrons. The lowest BCUT2D eigenvalue weighted by molar-refractivity contribution is 0.222. The minimum Gasteiger partial charge on any atom is -0.491 e. The summed E-state index contributed by atoms with van der Waals surface area (Å²) in [6.07, 6.45) is 5.39. The molecule has 0 saturated heterocycles. The predicted octanol–water partition coefficient (Wildman–Crippen LogP) is 4.06. The molecule has 0 atom stereocenters. The predicted molar refractivity (Wildman–Crippen MR) is 93.1 cm³/mol. The van der Waals surface area contributed by atoms with Crippen LogP contribution < -0.4 is 4.74 Å². The lowest BCUT2D eigenvalue weighted by atomic mass is 10.2. The van der Waals surface area contributed by atoms with Gasteiger partial charge in [-0.2, -0.15) is 0 Å². The molecule has 0 unspecified atom stereocenters. The van der Waals surface area contributed by atoms with Gasteiger partial charge in [-0.1, -0.05) is 50.1 Å². The Morgan fingerprint density at radius 3 is 2.18 bits per heavy atom. The third-order valence-electron chi connectivity index (χ3n) is 3.71. The molecule has 0 N–H and O–H groups in total. The van der Waals surface area contributed by atoms with Gasteiger partial charge in [0.2, 0.25) is 0 Å². The molecule has 0 spiro atoms. The molecule has 0 bridgehead atoms. The molecule has 0 aliphatic heterocycles. The Morgan fingerprint density at radius 1 is 1.00 bits per heavy atom. The molecule has 3 rings (SSSR count). The summed E-state index contributed by atoms with van der Waals surface area (Å²) in [6, 6.07) is 16.2. The van der Waals surface area contributed by atoms with Crippen LogP contribution in [0.4, 0.5) is 0 Å². The van der Waals surface area contributed by atoms with Crippen molar-refractivity contribution in [1.82, 2.24) is 4.90 Å². The van der Waals surface area contributed by atoms with Gasteiger partial charge in [-0.25, -0.2) is 0 Å². The van der Waals surface area contributed by atoms with Crippen LogP contribution in [0.1, 0.15) is 19.4 Å². The zero-order valence-corrected chi connectivity index (χ0v) is 13.4. The van der Waals surface area contributed by atoms with Crippen molar-refractivity contribution < 1.29 is 4.74 Å². The first-order valence-corrected chi connectivity index (χ1v) is 7.79. The summed E-state index contributed by atoms with van der Waals surface area (Å²) in [7, 11) is 0. The summed E-state index contributed by atoms with van der Waals surface area (Å²) >= 11 is 0. The Labute approximate surface area is 133 Å². The molecule has 0 heterocycles. The molecule has 1 aromatic rings. The van der Waals surface area contributed by atoms with E-state index in [1.807, 2.05) is 24.3 Å². The van der Waals surface area contributed by atoms with Crippen molar-refractivity contribution in [2.24, 2.45) is 0 Å². The summed E-state index contributed by atoms with van der Waals surface area (Å²) in [5.41, 5.74) is 3.67. The molecular formula is C20H23NO. The van der Waals surface area contributed by atoms with Gasteiger partial charge in [-0.3, -0.25) is 0 Å². The van der Waals surface area contributed by atoms with Crippen LogP contribution in [0.25, 0.3) is 11.1 Å². The lowest BCUT2D eigenvalue weighted by Crippen LogP contribution is -2.28. The van der Waals surface area contributed by atoms with Gasteiger partial charge >= 0.3 is 0 Å². The monoisotopic (exact) mass is 293 g/mol. The standard InChI is InChI=1S/C14H19NO.C6H4/c1-4-13-9-7-8-10-14(13)16-12-11-15(5-2)6-3;1-2-5-4-6(5)3-1/h1,7-10H,5-6,11-12H2,2-3H3;1-4H. The van der Waals surface area contributed by atoms with Gasteiger partial charge in [0.15, 0.2) is 0 Å². The Kier molecular flexibility index (Phi) is 6.06. The Bertz CT molecular complexity index is 621. The molecule has 2 nitrogen and oxygen atoms in total. The molecule has 0 amide bonds. The number of benzene rings is 2. The first-order chi connectivity index (χ1) is 10.8. The molecule has 2 aliphatic rings. The van der Waals surface area contributed by atoms with E-state index in [9.17, 15) is 0 Å². The molecule has 0 radical (unpaired) electrons. The van der Waals surface area contributed by atoms with Crippen molar-refractivity contribution in [3.05, 3.63) is 54.1 Å². The maximum absolute atomic E-state index is 5.68. The summed E-state index contributed by atoms with van der Waals surface area (Å²) in [6.45, 7) is 8.03. The van der Waals surface area contributed by atoms with E-state index < -0.39 is 0 Å². The molecule has 1 aromatic carbocycles. The minimum absolute atomic E-state index is 0.681.